The van der Waals surface area contributed by atoms with Crippen LogP contribution in [0.1, 0.15) is 32.3 Å². The van der Waals surface area contributed by atoms with Gasteiger partial charge in [0.05, 0.1) is 0 Å². The molecule has 1 rings (SSSR count). The molecule has 0 nitrogen and oxygen atoms in total. The van der Waals surface area contributed by atoms with Gasteiger partial charge >= 0.3 is 0 Å². The van der Waals surface area contributed by atoms with Crippen molar-refractivity contribution >= 4 is 0 Å². The molecule has 0 radical (unpaired) electrons. The summed E-state index contributed by atoms with van der Waals surface area (Å²) in [5.74, 6) is 0.781. The van der Waals surface area contributed by atoms with E-state index in [1.807, 2.05) is 0 Å². The van der Waals surface area contributed by atoms with E-state index >= 15 is 0 Å². The van der Waals surface area contributed by atoms with Crippen LogP contribution in [0.3, 0.4) is 0 Å². The predicted octanol–water partition coefficient (Wildman–Crippen LogP) is 4.22. The Bertz CT molecular complexity index is 257. The molecule has 0 aliphatic heterocycles. The molecule has 0 spiro atoms. The zero-order chi connectivity index (χ0) is 10.2. The van der Waals surface area contributed by atoms with Gasteiger partial charge in [0, 0.05) is 0 Å². The van der Waals surface area contributed by atoms with Crippen LogP contribution in [-0.4, -0.2) is 0 Å². The highest BCUT2D eigenvalue weighted by atomic mass is 14.0. The molecule has 0 aliphatic rings. The molecule has 0 fully saturated rings. The fourth-order valence-corrected chi connectivity index (χ4v) is 1.38. The molecule has 0 amide bonds. The van der Waals surface area contributed by atoms with Gasteiger partial charge in [-0.15, -0.1) is 0 Å². The van der Waals surface area contributed by atoms with Crippen LogP contribution in [0, 0.1) is 5.92 Å². The SMILES string of the molecule is CC(C)C/C=C/CCc1ccccc1. The van der Waals surface area contributed by atoms with Gasteiger partial charge in [0.1, 0.15) is 0 Å². The molecule has 0 heterocycles. The monoisotopic (exact) mass is 188 g/mol. The second kappa shape index (κ2) is 6.42. The van der Waals surface area contributed by atoms with Crippen LogP contribution in [0.2, 0.25) is 0 Å². The molecule has 0 N–H and O–H groups in total. The molecular weight excluding hydrogens is 168 g/mol. The third-order valence-electron chi connectivity index (χ3n) is 2.22. The molecule has 0 saturated carbocycles. The lowest BCUT2D eigenvalue weighted by Gasteiger charge is -1.98. The molecule has 0 atom stereocenters. The maximum absolute atomic E-state index is 2.30. The first-order valence-electron chi connectivity index (χ1n) is 5.48. The lowest BCUT2D eigenvalue weighted by molar-refractivity contribution is 0.662. The minimum absolute atomic E-state index is 0.781. The summed E-state index contributed by atoms with van der Waals surface area (Å²) >= 11 is 0. The normalized spacial score (nSPS) is 11.4. The zero-order valence-electron chi connectivity index (χ0n) is 9.24. The second-order valence-electron chi connectivity index (χ2n) is 4.13. The molecule has 1 aromatic rings. The van der Waals surface area contributed by atoms with Crippen LogP contribution >= 0.6 is 0 Å². The zero-order valence-corrected chi connectivity index (χ0v) is 9.24. The molecule has 1 aromatic carbocycles. The summed E-state index contributed by atoms with van der Waals surface area (Å²) < 4.78 is 0. The van der Waals surface area contributed by atoms with Crippen molar-refractivity contribution in [2.45, 2.75) is 33.1 Å². The van der Waals surface area contributed by atoms with Gasteiger partial charge in [0.25, 0.3) is 0 Å². The van der Waals surface area contributed by atoms with Crippen LogP contribution in [0.5, 0.6) is 0 Å². The van der Waals surface area contributed by atoms with E-state index in [-0.39, 0.29) is 0 Å². The minimum Gasteiger partial charge on any atom is -0.0883 e. The summed E-state index contributed by atoms with van der Waals surface area (Å²) in [6, 6.07) is 10.7. The summed E-state index contributed by atoms with van der Waals surface area (Å²) in [5, 5.41) is 0. The van der Waals surface area contributed by atoms with Crippen molar-refractivity contribution in [1.29, 1.82) is 0 Å². The van der Waals surface area contributed by atoms with Crippen LogP contribution in [0.4, 0.5) is 0 Å². The summed E-state index contributed by atoms with van der Waals surface area (Å²) in [6.07, 6.45) is 8.13. The van der Waals surface area contributed by atoms with Crippen molar-refractivity contribution in [1.82, 2.24) is 0 Å². The van der Waals surface area contributed by atoms with Gasteiger partial charge in [-0.05, 0) is 30.7 Å². The molecule has 0 aromatic heterocycles. The first-order chi connectivity index (χ1) is 6.79. The summed E-state index contributed by atoms with van der Waals surface area (Å²) in [7, 11) is 0. The van der Waals surface area contributed by atoms with Crippen molar-refractivity contribution in [3.8, 4) is 0 Å². The average Bonchev–Trinajstić information content (AvgIpc) is 2.18. The van der Waals surface area contributed by atoms with Crippen molar-refractivity contribution in [2.75, 3.05) is 0 Å². The van der Waals surface area contributed by atoms with E-state index in [9.17, 15) is 0 Å². The number of benzene rings is 1. The van der Waals surface area contributed by atoms with Crippen LogP contribution < -0.4 is 0 Å². The smallest absolute Gasteiger partial charge is 0.0244 e. The Labute approximate surface area is 87.7 Å². The largest absolute Gasteiger partial charge is 0.0883 e. The Hall–Kier alpha value is -1.04. The second-order valence-corrected chi connectivity index (χ2v) is 4.13. The molecule has 0 aliphatic carbocycles. The molecule has 76 valence electrons. The van der Waals surface area contributed by atoms with E-state index in [1.165, 1.54) is 12.0 Å². The van der Waals surface area contributed by atoms with Crippen molar-refractivity contribution in [3.05, 3.63) is 48.0 Å². The third kappa shape index (κ3) is 4.86. The van der Waals surface area contributed by atoms with Gasteiger partial charge in [-0.3, -0.25) is 0 Å². The Morgan fingerprint density at radius 2 is 1.79 bits per heavy atom. The standard InChI is InChI=1S/C14H20/c1-13(2)9-5-3-6-10-14-11-7-4-8-12-14/h3-5,7-8,11-13H,6,9-10H2,1-2H3/b5-3+. The van der Waals surface area contributed by atoms with Crippen molar-refractivity contribution < 1.29 is 0 Å². The Kier molecular flexibility index (Phi) is 5.06. The van der Waals surface area contributed by atoms with E-state index < -0.39 is 0 Å². The van der Waals surface area contributed by atoms with Gasteiger partial charge < -0.3 is 0 Å². The van der Waals surface area contributed by atoms with Gasteiger partial charge in [-0.1, -0.05) is 56.3 Å². The maximum atomic E-state index is 2.30. The van der Waals surface area contributed by atoms with Gasteiger partial charge in [0.2, 0.25) is 0 Å². The van der Waals surface area contributed by atoms with E-state index in [0.717, 1.165) is 18.8 Å². The maximum Gasteiger partial charge on any atom is -0.0244 e. The van der Waals surface area contributed by atoms with Gasteiger partial charge in [0.15, 0.2) is 0 Å². The topological polar surface area (TPSA) is 0 Å². The molecule has 0 unspecified atom stereocenters. The highest BCUT2D eigenvalue weighted by Gasteiger charge is 1.89. The van der Waals surface area contributed by atoms with E-state index in [1.54, 1.807) is 0 Å². The number of hydrogen-bond donors (Lipinski definition) is 0. The van der Waals surface area contributed by atoms with E-state index in [0.29, 0.717) is 0 Å². The molecule has 14 heavy (non-hydrogen) atoms. The fourth-order valence-electron chi connectivity index (χ4n) is 1.38. The lowest BCUT2D eigenvalue weighted by atomic mass is 10.1. The fraction of sp³-hybridized carbons (Fsp3) is 0.429. The lowest BCUT2D eigenvalue weighted by Crippen LogP contribution is -1.83. The van der Waals surface area contributed by atoms with E-state index in [2.05, 4.69) is 56.3 Å². The first-order valence-corrected chi connectivity index (χ1v) is 5.48. The van der Waals surface area contributed by atoms with E-state index in [4.69, 9.17) is 0 Å². The van der Waals surface area contributed by atoms with Crippen LogP contribution in [0.15, 0.2) is 42.5 Å². The Morgan fingerprint density at radius 3 is 2.43 bits per heavy atom. The third-order valence-corrected chi connectivity index (χ3v) is 2.22. The minimum atomic E-state index is 0.781. The van der Waals surface area contributed by atoms with Gasteiger partial charge in [-0.25, -0.2) is 0 Å². The first kappa shape index (κ1) is 11.0. The molecular formula is C14H20. The quantitative estimate of drug-likeness (QED) is 0.607. The number of aryl methyl sites for hydroxylation is 1. The highest BCUT2D eigenvalue weighted by molar-refractivity contribution is 5.15. The van der Waals surface area contributed by atoms with Crippen molar-refractivity contribution in [3.63, 3.8) is 0 Å². The molecule has 0 bridgehead atoms. The van der Waals surface area contributed by atoms with Crippen LogP contribution in [-0.2, 0) is 6.42 Å². The molecule has 0 saturated heterocycles. The summed E-state index contributed by atoms with van der Waals surface area (Å²) in [6.45, 7) is 4.50. The summed E-state index contributed by atoms with van der Waals surface area (Å²) in [4.78, 5) is 0. The number of rotatable bonds is 5. The Balaban J connectivity index is 2.19. The number of allylic oxidation sites excluding steroid dienone is 2. The van der Waals surface area contributed by atoms with Crippen molar-refractivity contribution in [2.24, 2.45) is 5.92 Å². The van der Waals surface area contributed by atoms with Gasteiger partial charge in [-0.2, -0.15) is 0 Å². The predicted molar refractivity (Wildman–Crippen MR) is 63.4 cm³/mol. The number of hydrogen-bond acceptors (Lipinski definition) is 0. The average molecular weight is 188 g/mol. The molecule has 0 heteroatoms. The highest BCUT2D eigenvalue weighted by Crippen LogP contribution is 2.05. The Morgan fingerprint density at radius 1 is 1.07 bits per heavy atom. The van der Waals surface area contributed by atoms with Crippen LogP contribution in [0.25, 0.3) is 0 Å². The summed E-state index contributed by atoms with van der Waals surface area (Å²) in [5.41, 5.74) is 1.43.